The molecule has 2 heterocycles. The number of halogens is 3. The van der Waals surface area contributed by atoms with Crippen molar-refractivity contribution in [3.05, 3.63) is 60.2 Å². The van der Waals surface area contributed by atoms with Gasteiger partial charge in [0.05, 0.1) is 11.2 Å². The number of para-hydroxylation sites is 1. The van der Waals surface area contributed by atoms with Crippen LogP contribution in [0.15, 0.2) is 54.6 Å². The van der Waals surface area contributed by atoms with Crippen LogP contribution in [0.1, 0.15) is 18.4 Å². The Hall–Kier alpha value is -3.82. The van der Waals surface area contributed by atoms with Crippen LogP contribution in [-0.4, -0.2) is 47.8 Å². The Kier molecular flexibility index (Phi) is 4.92. The molecule has 5 rings (SSSR count). The molecule has 1 aliphatic heterocycles. The average Bonchev–Trinajstić information content (AvgIpc) is 3.55. The van der Waals surface area contributed by atoms with Gasteiger partial charge in [-0.2, -0.15) is 0 Å². The van der Waals surface area contributed by atoms with Crippen molar-refractivity contribution < 1.29 is 27.5 Å². The largest absolute Gasteiger partial charge is 0.573 e. The highest BCUT2D eigenvalue weighted by molar-refractivity contribution is 6.24. The first kappa shape index (κ1) is 22.0. The minimum Gasteiger partial charge on any atom is -0.406 e. The van der Waals surface area contributed by atoms with E-state index in [4.69, 9.17) is 0 Å². The van der Waals surface area contributed by atoms with Gasteiger partial charge in [-0.3, -0.25) is 4.79 Å². The number of urea groups is 1. The summed E-state index contributed by atoms with van der Waals surface area (Å²) < 4.78 is 41.3. The van der Waals surface area contributed by atoms with Crippen LogP contribution in [0.25, 0.3) is 10.9 Å². The van der Waals surface area contributed by atoms with Gasteiger partial charge in [0.25, 0.3) is 5.91 Å². The SMILES string of the molecule is CN(C)c1cc(CN2C(=O)N(c3ccc(OC(F)(F)F)cc3)C(=O)C23CC3)c2ccccc2n1. The van der Waals surface area contributed by atoms with Gasteiger partial charge < -0.3 is 14.5 Å². The van der Waals surface area contributed by atoms with Crippen molar-refractivity contribution in [1.82, 2.24) is 9.88 Å². The predicted molar refractivity (Wildman–Crippen MR) is 120 cm³/mol. The lowest BCUT2D eigenvalue weighted by molar-refractivity contribution is -0.274. The van der Waals surface area contributed by atoms with Crippen LogP contribution in [-0.2, 0) is 11.3 Å². The summed E-state index contributed by atoms with van der Waals surface area (Å²) in [5.74, 6) is -0.0605. The zero-order valence-corrected chi connectivity index (χ0v) is 18.5. The number of carbonyl (C=O) groups is 2. The van der Waals surface area contributed by atoms with Crippen molar-refractivity contribution in [2.75, 3.05) is 23.9 Å². The highest BCUT2D eigenvalue weighted by atomic mass is 19.4. The zero-order chi connectivity index (χ0) is 24.3. The molecule has 176 valence electrons. The molecule has 2 fully saturated rings. The van der Waals surface area contributed by atoms with Gasteiger partial charge in [0.1, 0.15) is 17.1 Å². The third-order valence-corrected chi connectivity index (χ3v) is 6.17. The Bertz CT molecular complexity index is 1290. The topological polar surface area (TPSA) is 66.0 Å². The number of aromatic nitrogens is 1. The maximum absolute atomic E-state index is 13.4. The maximum Gasteiger partial charge on any atom is 0.573 e. The van der Waals surface area contributed by atoms with Crippen LogP contribution in [0.5, 0.6) is 5.75 Å². The number of imide groups is 1. The number of rotatable bonds is 5. The van der Waals surface area contributed by atoms with E-state index in [0.717, 1.165) is 39.3 Å². The molecule has 34 heavy (non-hydrogen) atoms. The number of nitrogens with zero attached hydrogens (tertiary/aromatic N) is 4. The Morgan fingerprint density at radius 1 is 1.06 bits per heavy atom. The van der Waals surface area contributed by atoms with Crippen molar-refractivity contribution in [3.8, 4) is 5.75 Å². The van der Waals surface area contributed by atoms with Crippen LogP contribution < -0.4 is 14.5 Å². The molecule has 10 heteroatoms. The Morgan fingerprint density at radius 3 is 2.35 bits per heavy atom. The number of pyridine rings is 1. The van der Waals surface area contributed by atoms with Gasteiger partial charge in [-0.25, -0.2) is 14.7 Å². The number of amides is 3. The third kappa shape index (κ3) is 3.68. The van der Waals surface area contributed by atoms with Gasteiger partial charge in [0.15, 0.2) is 0 Å². The number of fused-ring (bicyclic) bond motifs is 1. The number of carbonyl (C=O) groups excluding carboxylic acids is 2. The van der Waals surface area contributed by atoms with Gasteiger partial charge in [-0.1, -0.05) is 18.2 Å². The summed E-state index contributed by atoms with van der Waals surface area (Å²) in [5.41, 5.74) is 0.911. The molecular weight excluding hydrogens is 449 g/mol. The molecule has 1 saturated carbocycles. The number of hydrogen-bond acceptors (Lipinski definition) is 5. The van der Waals surface area contributed by atoms with Gasteiger partial charge >= 0.3 is 12.4 Å². The fourth-order valence-electron chi connectivity index (χ4n) is 4.32. The summed E-state index contributed by atoms with van der Waals surface area (Å²) in [6.45, 7) is 0.209. The lowest BCUT2D eigenvalue weighted by atomic mass is 10.1. The second kappa shape index (κ2) is 7.61. The summed E-state index contributed by atoms with van der Waals surface area (Å²) >= 11 is 0. The molecule has 1 aromatic heterocycles. The van der Waals surface area contributed by atoms with E-state index in [0.29, 0.717) is 12.8 Å². The standard InChI is InChI=1S/C24H21F3N4O3/c1-29(2)20-13-15(18-5-3-4-6-19(18)28-20)14-30-22(33)31(21(32)23(30)11-12-23)16-7-9-17(10-8-16)34-24(25,26)27/h3-10,13H,11-12,14H2,1-2H3. The van der Waals surface area contributed by atoms with Crippen LogP contribution in [0, 0.1) is 0 Å². The first-order valence-corrected chi connectivity index (χ1v) is 10.7. The van der Waals surface area contributed by atoms with Crippen molar-refractivity contribution in [1.29, 1.82) is 0 Å². The average molecular weight is 470 g/mol. The first-order chi connectivity index (χ1) is 16.1. The fourth-order valence-corrected chi connectivity index (χ4v) is 4.32. The lowest BCUT2D eigenvalue weighted by Gasteiger charge is -2.23. The molecule has 3 aromatic rings. The number of alkyl halides is 3. The second-order valence-corrected chi connectivity index (χ2v) is 8.63. The Balaban J connectivity index is 1.48. The normalized spacial score (nSPS) is 17.1. The summed E-state index contributed by atoms with van der Waals surface area (Å²) in [5, 5.41) is 0.885. The molecule has 7 nitrogen and oxygen atoms in total. The van der Waals surface area contributed by atoms with Gasteiger partial charge in [0, 0.05) is 26.0 Å². The smallest absolute Gasteiger partial charge is 0.406 e. The number of benzene rings is 2. The van der Waals surface area contributed by atoms with Crippen molar-refractivity contribution in [3.63, 3.8) is 0 Å². The van der Waals surface area contributed by atoms with Gasteiger partial charge in [0.2, 0.25) is 0 Å². The second-order valence-electron chi connectivity index (χ2n) is 8.63. The molecule has 0 atom stereocenters. The molecule has 0 bridgehead atoms. The summed E-state index contributed by atoms with van der Waals surface area (Å²) in [6, 6.07) is 13.7. The minimum absolute atomic E-state index is 0.201. The molecule has 3 amide bonds. The van der Waals surface area contributed by atoms with Crippen LogP contribution in [0.2, 0.25) is 0 Å². The molecule has 0 radical (unpaired) electrons. The quantitative estimate of drug-likeness (QED) is 0.506. The maximum atomic E-state index is 13.4. The lowest BCUT2D eigenvalue weighted by Crippen LogP contribution is -2.36. The Labute approximate surface area is 193 Å². The van der Waals surface area contributed by atoms with Crippen LogP contribution in [0.4, 0.5) is 29.5 Å². The van der Waals surface area contributed by atoms with Crippen molar-refractivity contribution >= 4 is 34.3 Å². The molecule has 1 spiro atoms. The molecule has 1 saturated heterocycles. The molecule has 1 aliphatic carbocycles. The van der Waals surface area contributed by atoms with E-state index >= 15 is 0 Å². The fraction of sp³-hybridized carbons (Fsp3) is 0.292. The van der Waals surface area contributed by atoms with E-state index in [2.05, 4.69) is 9.72 Å². The third-order valence-electron chi connectivity index (χ3n) is 6.17. The zero-order valence-electron chi connectivity index (χ0n) is 18.5. The van der Waals surface area contributed by atoms with E-state index < -0.39 is 23.7 Å². The highest BCUT2D eigenvalue weighted by Gasteiger charge is 2.65. The number of anilines is 2. The minimum atomic E-state index is -4.83. The van der Waals surface area contributed by atoms with Crippen molar-refractivity contribution in [2.45, 2.75) is 31.3 Å². The number of ether oxygens (including phenoxy) is 1. The van der Waals surface area contributed by atoms with E-state index in [-0.39, 0.29) is 18.1 Å². The number of hydrogen-bond donors (Lipinski definition) is 0. The van der Waals surface area contributed by atoms with Crippen molar-refractivity contribution in [2.24, 2.45) is 0 Å². The first-order valence-electron chi connectivity index (χ1n) is 10.7. The van der Waals surface area contributed by atoms with E-state index in [1.807, 2.05) is 49.3 Å². The molecule has 2 aliphatic rings. The van der Waals surface area contributed by atoms with Crippen LogP contribution >= 0.6 is 0 Å². The molecule has 0 N–H and O–H groups in total. The van der Waals surface area contributed by atoms with E-state index in [1.54, 1.807) is 4.90 Å². The molecule has 2 aromatic carbocycles. The molecule has 0 unspecified atom stereocenters. The van der Waals surface area contributed by atoms with Crippen LogP contribution in [0.3, 0.4) is 0 Å². The van der Waals surface area contributed by atoms with Gasteiger partial charge in [-0.15, -0.1) is 13.2 Å². The van der Waals surface area contributed by atoms with Gasteiger partial charge in [-0.05, 0) is 54.8 Å². The van der Waals surface area contributed by atoms with E-state index in [9.17, 15) is 22.8 Å². The summed E-state index contributed by atoms with van der Waals surface area (Å²) in [4.78, 5) is 35.8. The molecular formula is C24H21F3N4O3. The van der Waals surface area contributed by atoms with E-state index in [1.165, 1.54) is 12.1 Å². The summed E-state index contributed by atoms with van der Waals surface area (Å²) in [6.07, 6.45) is -3.76. The summed E-state index contributed by atoms with van der Waals surface area (Å²) in [7, 11) is 3.75. The predicted octanol–water partition coefficient (Wildman–Crippen LogP) is 4.70. The highest BCUT2D eigenvalue weighted by Crippen LogP contribution is 2.50. The Morgan fingerprint density at radius 2 is 1.74 bits per heavy atom. The monoisotopic (exact) mass is 470 g/mol.